The van der Waals surface area contributed by atoms with Crippen molar-refractivity contribution in [2.75, 3.05) is 0 Å². The summed E-state index contributed by atoms with van der Waals surface area (Å²) in [7, 11) is 0. The first-order valence-electron chi connectivity index (χ1n) is 8.46. The van der Waals surface area contributed by atoms with Crippen molar-refractivity contribution in [3.63, 3.8) is 0 Å². The Kier molecular flexibility index (Phi) is 5.49. The maximum atomic E-state index is 13.8. The molecule has 0 spiro atoms. The van der Waals surface area contributed by atoms with E-state index in [1.165, 1.54) is 12.1 Å². The second-order valence-corrected chi connectivity index (χ2v) is 5.97. The lowest BCUT2D eigenvalue weighted by atomic mass is 10.0. The first kappa shape index (κ1) is 18.6. The van der Waals surface area contributed by atoms with E-state index in [-0.39, 0.29) is 6.04 Å². The minimum Gasteiger partial charge on any atom is -0.331 e. The lowest BCUT2D eigenvalue weighted by molar-refractivity contribution is 0.390. The minimum absolute atomic E-state index is 0.199. The Balaban J connectivity index is 1.92. The predicted molar refractivity (Wildman–Crippen MR) is 102 cm³/mol. The molecule has 2 heterocycles. The molecule has 0 N–H and O–H groups in total. The van der Waals surface area contributed by atoms with Crippen molar-refractivity contribution in [2.24, 2.45) is 9.98 Å². The normalized spacial score (nSPS) is 16.9. The Morgan fingerprint density at radius 3 is 2.63 bits per heavy atom. The van der Waals surface area contributed by atoms with Gasteiger partial charge in [-0.2, -0.15) is 0 Å². The van der Waals surface area contributed by atoms with Crippen LogP contribution >= 0.6 is 0 Å². The van der Waals surface area contributed by atoms with Crippen molar-refractivity contribution < 1.29 is 8.78 Å². The highest BCUT2D eigenvalue weighted by Crippen LogP contribution is 2.45. The fraction of sp³-hybridized carbons (Fsp3) is 0.200. The maximum Gasteiger partial charge on any atom is 0.159 e. The third-order valence-electron chi connectivity index (χ3n) is 4.33. The Bertz CT molecular complexity index is 921. The van der Waals surface area contributed by atoms with Crippen LogP contribution in [0.4, 0.5) is 8.78 Å². The summed E-state index contributed by atoms with van der Waals surface area (Å²) in [5, 5.41) is 0. The van der Waals surface area contributed by atoms with Crippen LogP contribution < -0.4 is 0 Å². The summed E-state index contributed by atoms with van der Waals surface area (Å²) in [4.78, 5) is 18.3. The van der Waals surface area contributed by atoms with Crippen LogP contribution in [0.2, 0.25) is 0 Å². The van der Waals surface area contributed by atoms with Crippen LogP contribution in [0.3, 0.4) is 0 Å². The Hall–Kier alpha value is -3.22. The summed E-state index contributed by atoms with van der Waals surface area (Å²) in [6.45, 7) is 9.83. The number of benzene rings is 1. The fourth-order valence-corrected chi connectivity index (χ4v) is 3.17. The van der Waals surface area contributed by atoms with Crippen LogP contribution in [-0.4, -0.2) is 27.8 Å². The van der Waals surface area contributed by atoms with Gasteiger partial charge in [0.15, 0.2) is 11.6 Å². The molecule has 0 aliphatic carbocycles. The number of aliphatic imine (C=N–C) groups is 2. The molecule has 1 atom stereocenters. The Morgan fingerprint density at radius 1 is 1.26 bits per heavy atom. The second-order valence-electron chi connectivity index (χ2n) is 5.97. The number of hydrogen-bond acceptors (Lipinski definition) is 5. The topological polar surface area (TPSA) is 53.7 Å². The van der Waals surface area contributed by atoms with E-state index in [4.69, 9.17) is 0 Å². The molecular formula is C20H19F2N5. The number of nitrogens with zero attached hydrogens (tertiary/aromatic N) is 5. The van der Waals surface area contributed by atoms with Gasteiger partial charge in [-0.05, 0) is 36.9 Å². The number of rotatable bonds is 6. The summed E-state index contributed by atoms with van der Waals surface area (Å²) in [5.41, 5.74) is 2.45. The van der Waals surface area contributed by atoms with E-state index in [1.807, 2.05) is 11.8 Å². The molecule has 0 saturated heterocycles. The number of aromatic nitrogens is 2. The molecule has 2 aromatic rings. The number of halogens is 2. The molecule has 7 heteroatoms. The van der Waals surface area contributed by atoms with E-state index in [2.05, 4.69) is 33.2 Å². The van der Waals surface area contributed by atoms with E-state index in [9.17, 15) is 8.78 Å². The standard InChI is InChI=1S/C20H19F2N5/c1-4-19-16-9-18(22)17(21)8-15(16)13(2)27(19)14(10-23-3)11-24-12-20-25-6-5-7-26-20/h5-11,19H,2-4,12H2,1H3/b14-10+,24-11-. The van der Waals surface area contributed by atoms with Crippen LogP contribution in [-0.2, 0) is 6.54 Å². The summed E-state index contributed by atoms with van der Waals surface area (Å²) in [6, 6.07) is 3.95. The van der Waals surface area contributed by atoms with Crippen molar-refractivity contribution >= 4 is 18.6 Å². The molecule has 1 aliphatic rings. The first-order valence-corrected chi connectivity index (χ1v) is 8.46. The highest BCUT2D eigenvalue weighted by Gasteiger charge is 2.34. The highest BCUT2D eigenvalue weighted by atomic mass is 19.2. The van der Waals surface area contributed by atoms with Gasteiger partial charge in [0, 0.05) is 29.9 Å². The van der Waals surface area contributed by atoms with E-state index >= 15 is 0 Å². The predicted octanol–water partition coefficient (Wildman–Crippen LogP) is 4.31. The smallest absolute Gasteiger partial charge is 0.159 e. The quantitative estimate of drug-likeness (QED) is 0.715. The van der Waals surface area contributed by atoms with Gasteiger partial charge in [-0.25, -0.2) is 18.7 Å². The molecule has 0 bridgehead atoms. The third kappa shape index (κ3) is 3.67. The van der Waals surface area contributed by atoms with Gasteiger partial charge < -0.3 is 4.90 Å². The van der Waals surface area contributed by atoms with Crippen molar-refractivity contribution in [1.29, 1.82) is 0 Å². The van der Waals surface area contributed by atoms with E-state index < -0.39 is 11.6 Å². The largest absolute Gasteiger partial charge is 0.331 e. The highest BCUT2D eigenvalue weighted by molar-refractivity contribution is 5.84. The third-order valence-corrected chi connectivity index (χ3v) is 4.33. The zero-order valence-corrected chi connectivity index (χ0v) is 14.9. The molecule has 1 aromatic carbocycles. The molecule has 0 radical (unpaired) electrons. The van der Waals surface area contributed by atoms with E-state index in [0.717, 1.165) is 0 Å². The van der Waals surface area contributed by atoms with Crippen LogP contribution in [0.5, 0.6) is 0 Å². The summed E-state index contributed by atoms with van der Waals surface area (Å²) in [5.74, 6) is -1.18. The fourth-order valence-electron chi connectivity index (χ4n) is 3.17. The van der Waals surface area contributed by atoms with Gasteiger partial charge in [0.25, 0.3) is 0 Å². The molecule has 27 heavy (non-hydrogen) atoms. The van der Waals surface area contributed by atoms with Crippen LogP contribution in [0.1, 0.15) is 36.3 Å². The molecular weight excluding hydrogens is 348 g/mol. The van der Waals surface area contributed by atoms with Crippen molar-refractivity contribution in [3.8, 4) is 0 Å². The van der Waals surface area contributed by atoms with Gasteiger partial charge in [0.2, 0.25) is 0 Å². The summed E-state index contributed by atoms with van der Waals surface area (Å²) in [6.07, 6.45) is 7.13. The van der Waals surface area contributed by atoms with Crippen LogP contribution in [0.15, 0.2) is 59.1 Å². The lowest BCUT2D eigenvalue weighted by Crippen LogP contribution is -2.21. The molecule has 5 nitrogen and oxygen atoms in total. The lowest BCUT2D eigenvalue weighted by Gasteiger charge is -2.27. The van der Waals surface area contributed by atoms with Crippen molar-refractivity contribution in [1.82, 2.24) is 14.9 Å². The molecule has 1 aromatic heterocycles. The zero-order chi connectivity index (χ0) is 19.4. The molecule has 0 amide bonds. The average Bonchev–Trinajstić information content (AvgIpc) is 2.93. The van der Waals surface area contributed by atoms with E-state index in [0.29, 0.717) is 41.3 Å². The Morgan fingerprint density at radius 2 is 1.96 bits per heavy atom. The zero-order valence-electron chi connectivity index (χ0n) is 14.9. The molecule has 0 saturated carbocycles. The molecule has 1 aliphatic heterocycles. The van der Waals surface area contributed by atoms with Crippen LogP contribution in [0, 0.1) is 11.6 Å². The number of hydrogen-bond donors (Lipinski definition) is 0. The summed E-state index contributed by atoms with van der Waals surface area (Å²) >= 11 is 0. The van der Waals surface area contributed by atoms with Gasteiger partial charge in [0.05, 0.1) is 24.5 Å². The number of fused-ring (bicyclic) bond motifs is 1. The Labute approximate surface area is 156 Å². The maximum absolute atomic E-state index is 13.8. The number of allylic oxidation sites excluding steroid dienone is 1. The van der Waals surface area contributed by atoms with E-state index in [1.54, 1.807) is 30.9 Å². The molecule has 1 unspecified atom stereocenters. The van der Waals surface area contributed by atoms with Crippen LogP contribution in [0.25, 0.3) is 5.70 Å². The molecule has 138 valence electrons. The average molecular weight is 367 g/mol. The SMILES string of the molecule is C=N/C=C(\C=N/Cc1ncccn1)N1C(=C)c2cc(F)c(F)cc2C1CC. The second kappa shape index (κ2) is 7.99. The first-order chi connectivity index (χ1) is 13.1. The van der Waals surface area contributed by atoms with Crippen molar-refractivity contribution in [3.05, 3.63) is 77.7 Å². The van der Waals surface area contributed by atoms with Gasteiger partial charge in [-0.15, -0.1) is 0 Å². The van der Waals surface area contributed by atoms with Gasteiger partial charge in [-0.3, -0.25) is 9.98 Å². The molecule has 3 rings (SSSR count). The van der Waals surface area contributed by atoms with Gasteiger partial charge in [0.1, 0.15) is 5.82 Å². The monoisotopic (exact) mass is 367 g/mol. The van der Waals surface area contributed by atoms with Crippen molar-refractivity contribution in [2.45, 2.75) is 25.9 Å². The minimum atomic E-state index is -0.895. The van der Waals surface area contributed by atoms with Gasteiger partial charge >= 0.3 is 0 Å². The molecule has 0 fully saturated rings. The van der Waals surface area contributed by atoms with Gasteiger partial charge in [-0.1, -0.05) is 13.5 Å². The summed E-state index contributed by atoms with van der Waals surface area (Å²) < 4.78 is 27.5.